The van der Waals surface area contributed by atoms with Crippen molar-refractivity contribution in [3.63, 3.8) is 0 Å². The molecule has 0 bridgehead atoms. The number of aliphatic hydroxyl groups is 1. The van der Waals surface area contributed by atoms with Gasteiger partial charge in [-0.1, -0.05) is 26.0 Å². The Bertz CT molecular complexity index is 904. The summed E-state index contributed by atoms with van der Waals surface area (Å²) in [4.78, 5) is 13.2. The monoisotopic (exact) mass is 381 g/mol. The lowest BCUT2D eigenvalue weighted by molar-refractivity contribution is 0.248. The lowest BCUT2D eigenvalue weighted by Gasteiger charge is -2.20. The van der Waals surface area contributed by atoms with E-state index in [1.165, 1.54) is 12.1 Å². The van der Waals surface area contributed by atoms with Crippen molar-refractivity contribution >= 4 is 11.8 Å². The van der Waals surface area contributed by atoms with Gasteiger partial charge in [-0.25, -0.2) is 9.37 Å². The number of nitrogens with zero attached hydrogens (tertiary/aromatic N) is 3. The van der Waals surface area contributed by atoms with Crippen LogP contribution in [-0.4, -0.2) is 32.7 Å². The second kappa shape index (κ2) is 9.23. The van der Waals surface area contributed by atoms with Gasteiger partial charge in [0.1, 0.15) is 11.6 Å². The molecule has 3 aromatic rings. The molecule has 0 aliphatic rings. The van der Waals surface area contributed by atoms with E-state index in [0.717, 1.165) is 11.1 Å². The standard InChI is InChI=1S/C21H24FN5O/c1-14(2)19(13-28)26-21-25-18(16-6-4-8-23-12-16)10-20(27-21)24-11-15-5-3-7-17(22)9-15/h3-10,12,14,19,28H,11,13H2,1-2H3,(H2,24,25,26,27)/t19-/m1/s1. The molecule has 0 saturated heterocycles. The van der Waals surface area contributed by atoms with Gasteiger partial charge in [0.25, 0.3) is 0 Å². The third-order valence-electron chi connectivity index (χ3n) is 4.36. The maximum Gasteiger partial charge on any atom is 0.225 e. The van der Waals surface area contributed by atoms with Gasteiger partial charge in [-0.2, -0.15) is 4.98 Å². The fraction of sp³-hybridized carbons (Fsp3) is 0.286. The molecular weight excluding hydrogens is 357 g/mol. The smallest absolute Gasteiger partial charge is 0.225 e. The number of hydrogen-bond donors (Lipinski definition) is 3. The molecule has 7 heteroatoms. The number of aromatic nitrogens is 3. The predicted octanol–water partition coefficient (Wildman–Crippen LogP) is 3.72. The third-order valence-corrected chi connectivity index (χ3v) is 4.36. The van der Waals surface area contributed by atoms with E-state index in [4.69, 9.17) is 0 Å². The summed E-state index contributed by atoms with van der Waals surface area (Å²) in [7, 11) is 0. The Morgan fingerprint density at radius 3 is 2.64 bits per heavy atom. The summed E-state index contributed by atoms with van der Waals surface area (Å²) in [5, 5.41) is 16.0. The number of aliphatic hydroxyl groups excluding tert-OH is 1. The van der Waals surface area contributed by atoms with Gasteiger partial charge in [-0.3, -0.25) is 4.98 Å². The molecular formula is C21H24FN5O. The van der Waals surface area contributed by atoms with Crippen molar-refractivity contribution in [3.05, 3.63) is 66.2 Å². The molecule has 3 N–H and O–H groups in total. The van der Waals surface area contributed by atoms with Crippen LogP contribution in [0.1, 0.15) is 19.4 Å². The fourth-order valence-electron chi connectivity index (χ4n) is 2.69. The van der Waals surface area contributed by atoms with E-state index >= 15 is 0 Å². The SMILES string of the molecule is CC(C)[C@@H](CO)Nc1nc(NCc2cccc(F)c2)cc(-c2cccnc2)n1. The fourth-order valence-corrected chi connectivity index (χ4v) is 2.69. The Labute approximate surface area is 163 Å². The Balaban J connectivity index is 1.88. The van der Waals surface area contributed by atoms with Gasteiger partial charge in [-0.05, 0) is 35.7 Å². The Morgan fingerprint density at radius 2 is 1.96 bits per heavy atom. The Hall–Kier alpha value is -3.06. The van der Waals surface area contributed by atoms with Crippen molar-refractivity contribution in [3.8, 4) is 11.3 Å². The van der Waals surface area contributed by atoms with Crippen LogP contribution in [0.15, 0.2) is 54.9 Å². The first-order chi connectivity index (χ1) is 13.5. The van der Waals surface area contributed by atoms with Gasteiger partial charge in [0.05, 0.1) is 18.3 Å². The van der Waals surface area contributed by atoms with E-state index in [1.807, 2.05) is 38.1 Å². The van der Waals surface area contributed by atoms with E-state index in [0.29, 0.717) is 24.0 Å². The highest BCUT2D eigenvalue weighted by Crippen LogP contribution is 2.22. The molecule has 1 atom stereocenters. The van der Waals surface area contributed by atoms with Gasteiger partial charge in [0.15, 0.2) is 0 Å². The highest BCUT2D eigenvalue weighted by molar-refractivity contribution is 5.63. The van der Waals surface area contributed by atoms with E-state index in [9.17, 15) is 9.50 Å². The minimum atomic E-state index is -0.275. The summed E-state index contributed by atoms with van der Waals surface area (Å²) in [5.74, 6) is 0.944. The lowest BCUT2D eigenvalue weighted by Crippen LogP contribution is -2.30. The first kappa shape index (κ1) is 19.7. The molecule has 6 nitrogen and oxygen atoms in total. The summed E-state index contributed by atoms with van der Waals surface area (Å²) in [6.45, 7) is 4.43. The molecule has 146 valence electrons. The van der Waals surface area contributed by atoms with Crippen molar-refractivity contribution in [2.75, 3.05) is 17.2 Å². The molecule has 0 aliphatic heterocycles. The highest BCUT2D eigenvalue weighted by Gasteiger charge is 2.15. The van der Waals surface area contributed by atoms with Crippen LogP contribution in [0, 0.1) is 11.7 Å². The number of anilines is 2. The zero-order valence-electron chi connectivity index (χ0n) is 15.9. The highest BCUT2D eigenvalue weighted by atomic mass is 19.1. The molecule has 0 saturated carbocycles. The molecule has 0 aliphatic carbocycles. The van der Waals surface area contributed by atoms with Crippen LogP contribution in [-0.2, 0) is 6.54 Å². The summed E-state index contributed by atoms with van der Waals surface area (Å²) >= 11 is 0. The molecule has 0 fully saturated rings. The van der Waals surface area contributed by atoms with Crippen molar-refractivity contribution in [1.29, 1.82) is 0 Å². The van der Waals surface area contributed by atoms with Crippen molar-refractivity contribution in [2.45, 2.75) is 26.4 Å². The van der Waals surface area contributed by atoms with Gasteiger partial charge in [0.2, 0.25) is 5.95 Å². The van der Waals surface area contributed by atoms with E-state index in [-0.39, 0.29) is 24.4 Å². The number of benzene rings is 1. The summed E-state index contributed by atoms with van der Waals surface area (Å²) in [5.41, 5.74) is 2.37. The van der Waals surface area contributed by atoms with Crippen LogP contribution < -0.4 is 10.6 Å². The molecule has 0 unspecified atom stereocenters. The topological polar surface area (TPSA) is 83.0 Å². The first-order valence-corrected chi connectivity index (χ1v) is 9.20. The predicted molar refractivity (Wildman–Crippen MR) is 108 cm³/mol. The van der Waals surface area contributed by atoms with Gasteiger partial charge >= 0.3 is 0 Å². The molecule has 3 rings (SSSR count). The van der Waals surface area contributed by atoms with Gasteiger partial charge in [0, 0.05) is 30.6 Å². The second-order valence-electron chi connectivity index (χ2n) is 6.86. The van der Waals surface area contributed by atoms with Crippen LogP contribution in [0.3, 0.4) is 0 Å². The first-order valence-electron chi connectivity index (χ1n) is 9.20. The number of hydrogen-bond acceptors (Lipinski definition) is 6. The van der Waals surface area contributed by atoms with E-state index in [1.54, 1.807) is 18.5 Å². The number of halogens is 1. The molecule has 0 radical (unpaired) electrons. The molecule has 2 aromatic heterocycles. The summed E-state index contributed by atoms with van der Waals surface area (Å²) in [6, 6.07) is 11.8. The van der Waals surface area contributed by atoms with Crippen molar-refractivity contribution in [1.82, 2.24) is 15.0 Å². The van der Waals surface area contributed by atoms with Crippen LogP contribution in [0.2, 0.25) is 0 Å². The van der Waals surface area contributed by atoms with Gasteiger partial charge < -0.3 is 15.7 Å². The number of rotatable bonds is 8. The zero-order chi connectivity index (χ0) is 19.9. The largest absolute Gasteiger partial charge is 0.394 e. The lowest BCUT2D eigenvalue weighted by atomic mass is 10.1. The van der Waals surface area contributed by atoms with E-state index < -0.39 is 0 Å². The maximum atomic E-state index is 13.4. The van der Waals surface area contributed by atoms with Crippen LogP contribution in [0.5, 0.6) is 0 Å². The van der Waals surface area contributed by atoms with E-state index in [2.05, 4.69) is 25.6 Å². The van der Waals surface area contributed by atoms with Crippen LogP contribution in [0.4, 0.5) is 16.2 Å². The number of pyridine rings is 1. The van der Waals surface area contributed by atoms with Crippen molar-refractivity contribution < 1.29 is 9.50 Å². The minimum Gasteiger partial charge on any atom is -0.394 e. The second-order valence-corrected chi connectivity index (χ2v) is 6.86. The van der Waals surface area contributed by atoms with Crippen LogP contribution >= 0.6 is 0 Å². The summed E-state index contributed by atoms with van der Waals surface area (Å²) < 4.78 is 13.4. The Morgan fingerprint density at radius 1 is 1.11 bits per heavy atom. The number of nitrogens with one attached hydrogen (secondary N) is 2. The average molecular weight is 381 g/mol. The molecule has 0 spiro atoms. The van der Waals surface area contributed by atoms with Crippen LogP contribution in [0.25, 0.3) is 11.3 Å². The molecule has 28 heavy (non-hydrogen) atoms. The average Bonchev–Trinajstić information content (AvgIpc) is 2.71. The molecule has 2 heterocycles. The minimum absolute atomic E-state index is 0.0236. The third kappa shape index (κ3) is 5.23. The van der Waals surface area contributed by atoms with Crippen molar-refractivity contribution in [2.24, 2.45) is 5.92 Å². The quantitative estimate of drug-likeness (QED) is 0.552. The molecule has 0 amide bonds. The molecule has 1 aromatic carbocycles. The summed E-state index contributed by atoms with van der Waals surface area (Å²) in [6.07, 6.45) is 3.43. The Kier molecular flexibility index (Phi) is 6.49. The maximum absolute atomic E-state index is 13.4. The normalized spacial score (nSPS) is 12.0. The van der Waals surface area contributed by atoms with Gasteiger partial charge in [-0.15, -0.1) is 0 Å². The zero-order valence-corrected chi connectivity index (χ0v) is 15.9.